The molecule has 0 aliphatic rings. The number of anilines is 2. The molecule has 0 aliphatic carbocycles. The van der Waals surface area contributed by atoms with E-state index in [0.29, 0.717) is 26.4 Å². The van der Waals surface area contributed by atoms with Crippen LogP contribution in [0.15, 0.2) is 42.5 Å². The zero-order valence-electron chi connectivity index (χ0n) is 14.2. The fourth-order valence-corrected chi connectivity index (χ4v) is 2.67. The van der Waals surface area contributed by atoms with Crippen molar-refractivity contribution >= 4 is 58.0 Å². The van der Waals surface area contributed by atoms with Crippen molar-refractivity contribution in [3.05, 3.63) is 57.5 Å². The van der Waals surface area contributed by atoms with Crippen LogP contribution >= 0.6 is 34.8 Å². The zero-order valence-corrected chi connectivity index (χ0v) is 16.5. The first-order valence-corrected chi connectivity index (χ1v) is 8.92. The maximum Gasteiger partial charge on any atom is 0.241 e. The lowest BCUT2D eigenvalue weighted by atomic mass is 10.2. The quantitative estimate of drug-likeness (QED) is 0.729. The van der Waals surface area contributed by atoms with Gasteiger partial charge in [0, 0.05) is 5.02 Å². The van der Waals surface area contributed by atoms with Gasteiger partial charge in [-0.15, -0.1) is 0 Å². The number of benzene rings is 2. The third kappa shape index (κ3) is 5.61. The van der Waals surface area contributed by atoms with Gasteiger partial charge in [0.15, 0.2) is 0 Å². The van der Waals surface area contributed by atoms with E-state index < -0.39 is 6.04 Å². The summed E-state index contributed by atoms with van der Waals surface area (Å²) in [7, 11) is 1.68. The Hall–Kier alpha value is -1.79. The van der Waals surface area contributed by atoms with Crippen molar-refractivity contribution in [3.63, 3.8) is 0 Å². The maximum absolute atomic E-state index is 12.4. The summed E-state index contributed by atoms with van der Waals surface area (Å²) in [5.41, 5.74) is 0.945. The minimum Gasteiger partial charge on any atom is -0.324 e. The molecule has 2 aromatic rings. The summed E-state index contributed by atoms with van der Waals surface area (Å²) < 4.78 is 0. The van der Waals surface area contributed by atoms with Gasteiger partial charge in [0.2, 0.25) is 11.8 Å². The van der Waals surface area contributed by atoms with Gasteiger partial charge < -0.3 is 10.6 Å². The first kappa shape index (κ1) is 20.5. The predicted molar refractivity (Wildman–Crippen MR) is 107 cm³/mol. The Bertz CT molecular complexity index is 814. The van der Waals surface area contributed by atoms with E-state index in [4.69, 9.17) is 34.8 Å². The second-order valence-corrected chi connectivity index (χ2v) is 6.98. The van der Waals surface area contributed by atoms with E-state index >= 15 is 0 Å². The molecular weight excluding hydrogens is 397 g/mol. The molecule has 0 radical (unpaired) electrons. The Morgan fingerprint density at radius 3 is 2.35 bits per heavy atom. The minimum absolute atomic E-state index is 0.0170. The number of rotatable bonds is 6. The number of nitrogens with one attached hydrogen (secondary N) is 2. The lowest BCUT2D eigenvalue weighted by Gasteiger charge is -2.23. The molecule has 1 atom stereocenters. The number of halogens is 3. The first-order valence-electron chi connectivity index (χ1n) is 7.78. The standard InChI is InChI=1S/C18H18Cl3N3O2/c1-11(18(26)23-16-9-12(19)7-8-14(16)21)24(2)10-17(25)22-15-6-4-3-5-13(15)20/h3-9,11H,10H2,1-2H3,(H,22,25)(H,23,26)/t11-/m0/s1. The van der Waals surface area contributed by atoms with Gasteiger partial charge in [-0.25, -0.2) is 0 Å². The highest BCUT2D eigenvalue weighted by Gasteiger charge is 2.21. The highest BCUT2D eigenvalue weighted by Crippen LogP contribution is 2.25. The van der Waals surface area contributed by atoms with Gasteiger partial charge in [-0.3, -0.25) is 14.5 Å². The fourth-order valence-electron chi connectivity index (χ4n) is 2.15. The predicted octanol–water partition coefficient (Wildman–Crippen LogP) is 4.54. The molecule has 138 valence electrons. The van der Waals surface area contributed by atoms with Crippen molar-refractivity contribution < 1.29 is 9.59 Å². The lowest BCUT2D eigenvalue weighted by molar-refractivity contribution is -0.122. The van der Waals surface area contributed by atoms with Crippen LogP contribution in [0.5, 0.6) is 0 Å². The SMILES string of the molecule is C[C@@H](C(=O)Nc1cc(Cl)ccc1Cl)N(C)CC(=O)Nc1ccccc1Cl. The number of nitrogens with zero attached hydrogens (tertiary/aromatic N) is 1. The molecule has 0 spiro atoms. The Morgan fingerprint density at radius 2 is 1.65 bits per heavy atom. The molecule has 0 fully saturated rings. The van der Waals surface area contributed by atoms with Crippen LogP contribution in [0.3, 0.4) is 0 Å². The molecule has 0 heterocycles. The van der Waals surface area contributed by atoms with Crippen LogP contribution in [-0.4, -0.2) is 36.3 Å². The molecule has 8 heteroatoms. The van der Waals surface area contributed by atoms with Crippen LogP contribution < -0.4 is 10.6 Å². The summed E-state index contributed by atoms with van der Waals surface area (Å²) in [6.07, 6.45) is 0. The molecular formula is C18H18Cl3N3O2. The lowest BCUT2D eigenvalue weighted by Crippen LogP contribution is -2.43. The molecule has 2 rings (SSSR count). The third-order valence-corrected chi connectivity index (χ3v) is 4.66. The summed E-state index contributed by atoms with van der Waals surface area (Å²) >= 11 is 18.0. The van der Waals surface area contributed by atoms with Crippen molar-refractivity contribution in [2.75, 3.05) is 24.2 Å². The summed E-state index contributed by atoms with van der Waals surface area (Å²) in [6.45, 7) is 1.71. The van der Waals surface area contributed by atoms with Gasteiger partial charge in [-0.1, -0.05) is 46.9 Å². The summed E-state index contributed by atoms with van der Waals surface area (Å²) in [5, 5.41) is 6.73. The van der Waals surface area contributed by atoms with E-state index in [2.05, 4.69) is 10.6 Å². The van der Waals surface area contributed by atoms with Gasteiger partial charge in [-0.05, 0) is 44.3 Å². The van der Waals surface area contributed by atoms with Crippen molar-refractivity contribution in [1.82, 2.24) is 4.90 Å². The topological polar surface area (TPSA) is 61.4 Å². The normalized spacial score (nSPS) is 11.9. The first-order chi connectivity index (χ1) is 12.3. The highest BCUT2D eigenvalue weighted by molar-refractivity contribution is 6.35. The molecule has 0 saturated carbocycles. The Labute approximate surface area is 167 Å². The number of likely N-dealkylation sites (N-methyl/N-ethyl adjacent to an activating group) is 1. The molecule has 5 nitrogen and oxygen atoms in total. The smallest absolute Gasteiger partial charge is 0.241 e. The Balaban J connectivity index is 1.94. The fraction of sp³-hybridized carbons (Fsp3) is 0.222. The van der Waals surface area contributed by atoms with Crippen LogP contribution in [0.4, 0.5) is 11.4 Å². The number of carbonyl (C=O) groups excluding carboxylic acids is 2. The van der Waals surface area contributed by atoms with E-state index in [-0.39, 0.29) is 18.4 Å². The number of para-hydroxylation sites is 1. The van der Waals surface area contributed by atoms with Crippen LogP contribution in [0.1, 0.15) is 6.92 Å². The second-order valence-electron chi connectivity index (χ2n) is 5.73. The number of hydrogen-bond donors (Lipinski definition) is 2. The van der Waals surface area contributed by atoms with E-state index in [1.165, 1.54) is 0 Å². The molecule has 0 aliphatic heterocycles. The van der Waals surface area contributed by atoms with E-state index in [9.17, 15) is 9.59 Å². The molecule has 2 N–H and O–H groups in total. The van der Waals surface area contributed by atoms with Gasteiger partial charge in [0.1, 0.15) is 0 Å². The average molecular weight is 415 g/mol. The Morgan fingerprint density at radius 1 is 1.00 bits per heavy atom. The number of hydrogen-bond acceptors (Lipinski definition) is 3. The van der Waals surface area contributed by atoms with Gasteiger partial charge >= 0.3 is 0 Å². The van der Waals surface area contributed by atoms with Crippen molar-refractivity contribution in [2.24, 2.45) is 0 Å². The molecule has 0 unspecified atom stereocenters. The monoisotopic (exact) mass is 413 g/mol. The van der Waals surface area contributed by atoms with Crippen LogP contribution in [0.25, 0.3) is 0 Å². The zero-order chi connectivity index (χ0) is 19.3. The van der Waals surface area contributed by atoms with Crippen molar-refractivity contribution in [3.8, 4) is 0 Å². The largest absolute Gasteiger partial charge is 0.324 e. The van der Waals surface area contributed by atoms with Crippen LogP contribution in [0, 0.1) is 0 Å². The maximum atomic E-state index is 12.4. The summed E-state index contributed by atoms with van der Waals surface area (Å²) in [6, 6.07) is 11.2. The number of amides is 2. The van der Waals surface area contributed by atoms with Crippen LogP contribution in [0.2, 0.25) is 15.1 Å². The van der Waals surface area contributed by atoms with Crippen molar-refractivity contribution in [2.45, 2.75) is 13.0 Å². The van der Waals surface area contributed by atoms with Crippen molar-refractivity contribution in [1.29, 1.82) is 0 Å². The minimum atomic E-state index is -0.568. The van der Waals surface area contributed by atoms with Crippen LogP contribution in [-0.2, 0) is 9.59 Å². The molecule has 0 aromatic heterocycles. The van der Waals surface area contributed by atoms with Gasteiger partial charge in [0.05, 0.1) is 34.0 Å². The molecule has 2 amide bonds. The number of carbonyl (C=O) groups is 2. The molecule has 2 aromatic carbocycles. The Kier molecular flexibility index (Phi) is 7.29. The molecule has 0 bridgehead atoms. The highest BCUT2D eigenvalue weighted by atomic mass is 35.5. The van der Waals surface area contributed by atoms with E-state index in [0.717, 1.165) is 0 Å². The molecule has 26 heavy (non-hydrogen) atoms. The van der Waals surface area contributed by atoms with E-state index in [1.807, 2.05) is 0 Å². The molecule has 0 saturated heterocycles. The summed E-state index contributed by atoms with van der Waals surface area (Å²) in [4.78, 5) is 26.2. The van der Waals surface area contributed by atoms with Gasteiger partial charge in [-0.2, -0.15) is 0 Å². The summed E-state index contributed by atoms with van der Waals surface area (Å²) in [5.74, 6) is -0.580. The van der Waals surface area contributed by atoms with E-state index in [1.54, 1.807) is 61.3 Å². The van der Waals surface area contributed by atoms with Gasteiger partial charge in [0.25, 0.3) is 0 Å². The second kappa shape index (κ2) is 9.24. The third-order valence-electron chi connectivity index (χ3n) is 3.77. The average Bonchev–Trinajstić information content (AvgIpc) is 2.59.